The molecule has 0 fully saturated rings. The molecular formula is C14H15F3N4O2. The summed E-state index contributed by atoms with van der Waals surface area (Å²) in [7, 11) is 1.49. The van der Waals surface area contributed by atoms with Gasteiger partial charge in [0.15, 0.2) is 11.5 Å². The number of hydrogen-bond acceptors (Lipinski definition) is 4. The molecule has 6 nitrogen and oxygen atoms in total. The number of amides is 1. The van der Waals surface area contributed by atoms with Gasteiger partial charge in [-0.25, -0.2) is 0 Å². The van der Waals surface area contributed by atoms with Gasteiger partial charge in [-0.15, -0.1) is 0 Å². The van der Waals surface area contributed by atoms with Crippen LogP contribution in [0.5, 0.6) is 0 Å². The van der Waals surface area contributed by atoms with Crippen LogP contribution in [-0.2, 0) is 30.4 Å². The van der Waals surface area contributed by atoms with E-state index in [0.29, 0.717) is 30.8 Å². The molecule has 1 aliphatic rings. The van der Waals surface area contributed by atoms with Gasteiger partial charge in [-0.1, -0.05) is 5.16 Å². The molecule has 1 amide bonds. The summed E-state index contributed by atoms with van der Waals surface area (Å²) in [5.41, 5.74) is -0.143. The van der Waals surface area contributed by atoms with Crippen LogP contribution in [0, 0.1) is 0 Å². The number of alkyl halides is 3. The van der Waals surface area contributed by atoms with E-state index >= 15 is 0 Å². The minimum absolute atomic E-state index is 0.223. The lowest BCUT2D eigenvalue weighted by Crippen LogP contribution is -2.31. The number of hydrogen-bond donors (Lipinski definition) is 0. The third-order valence-corrected chi connectivity index (χ3v) is 3.95. The maximum Gasteiger partial charge on any atom is 0.435 e. The quantitative estimate of drug-likeness (QED) is 0.868. The molecule has 0 aromatic carbocycles. The molecule has 3 rings (SSSR count). The molecule has 23 heavy (non-hydrogen) atoms. The van der Waals surface area contributed by atoms with Gasteiger partial charge in [-0.05, 0) is 25.7 Å². The predicted molar refractivity (Wildman–Crippen MR) is 73.8 cm³/mol. The first kappa shape index (κ1) is 15.6. The van der Waals surface area contributed by atoms with Gasteiger partial charge < -0.3 is 4.52 Å². The summed E-state index contributed by atoms with van der Waals surface area (Å²) in [6.07, 6.45) is -0.848. The minimum Gasteiger partial charge on any atom is -0.363 e. The van der Waals surface area contributed by atoms with E-state index in [1.807, 2.05) is 0 Å². The monoisotopic (exact) mass is 328 g/mol. The van der Waals surface area contributed by atoms with E-state index in [4.69, 9.17) is 0 Å². The van der Waals surface area contributed by atoms with Crippen LogP contribution in [0.4, 0.5) is 19.0 Å². The largest absolute Gasteiger partial charge is 0.435 e. The second-order valence-corrected chi connectivity index (χ2v) is 5.45. The highest BCUT2D eigenvalue weighted by atomic mass is 19.4. The van der Waals surface area contributed by atoms with Gasteiger partial charge in [-0.2, -0.15) is 18.3 Å². The molecule has 0 N–H and O–H groups in total. The molecule has 0 radical (unpaired) electrons. The standard InChI is InChI=1S/C14H15F3N4O2/c1-20(11-6-7-23-19-11)12(22)8-21-10-5-3-2-4-9(10)13(18-21)14(15,16)17/h6-7H,2-5,8H2,1H3. The normalized spacial score (nSPS) is 14.6. The highest BCUT2D eigenvalue weighted by Crippen LogP contribution is 2.35. The van der Waals surface area contributed by atoms with E-state index in [-0.39, 0.29) is 12.1 Å². The Labute approximate surface area is 129 Å². The number of nitrogens with zero attached hydrogens (tertiary/aromatic N) is 4. The van der Waals surface area contributed by atoms with Gasteiger partial charge in [0, 0.05) is 24.4 Å². The summed E-state index contributed by atoms with van der Waals surface area (Å²) in [5.74, 6) is -0.115. The van der Waals surface area contributed by atoms with Crippen LogP contribution < -0.4 is 4.90 Å². The zero-order valence-electron chi connectivity index (χ0n) is 12.4. The first-order valence-corrected chi connectivity index (χ1v) is 7.20. The summed E-state index contributed by atoms with van der Waals surface area (Å²) in [5, 5.41) is 7.30. The van der Waals surface area contributed by atoms with Gasteiger partial charge in [0.1, 0.15) is 12.8 Å². The Morgan fingerprint density at radius 3 is 2.78 bits per heavy atom. The summed E-state index contributed by atoms with van der Waals surface area (Å²) in [4.78, 5) is 13.5. The van der Waals surface area contributed by atoms with Crippen molar-refractivity contribution < 1.29 is 22.5 Å². The second-order valence-electron chi connectivity index (χ2n) is 5.45. The Hall–Kier alpha value is -2.32. The number of anilines is 1. The lowest BCUT2D eigenvalue weighted by atomic mass is 9.95. The van der Waals surface area contributed by atoms with Crippen molar-refractivity contribution in [3.63, 3.8) is 0 Å². The Balaban J connectivity index is 1.88. The molecule has 124 valence electrons. The summed E-state index contributed by atoms with van der Waals surface area (Å²) < 4.78 is 45.2. The van der Waals surface area contributed by atoms with Gasteiger partial charge in [0.2, 0.25) is 5.91 Å². The number of aromatic nitrogens is 3. The molecular weight excluding hydrogens is 313 g/mol. The van der Waals surface area contributed by atoms with Crippen LogP contribution >= 0.6 is 0 Å². The molecule has 2 aromatic heterocycles. The molecule has 0 spiro atoms. The number of likely N-dealkylation sites (N-methyl/N-ethyl adjacent to an activating group) is 1. The van der Waals surface area contributed by atoms with Crippen molar-refractivity contribution in [2.24, 2.45) is 0 Å². The van der Waals surface area contributed by atoms with Gasteiger partial charge in [0.05, 0.1) is 0 Å². The highest BCUT2D eigenvalue weighted by Gasteiger charge is 2.39. The smallest absolute Gasteiger partial charge is 0.363 e. The van der Waals surface area contributed by atoms with Crippen molar-refractivity contribution >= 4 is 11.7 Å². The zero-order valence-corrected chi connectivity index (χ0v) is 12.4. The number of carbonyl (C=O) groups is 1. The summed E-state index contributed by atoms with van der Waals surface area (Å²) in [6, 6.07) is 1.50. The number of carbonyl (C=O) groups excluding carboxylic acids is 1. The molecule has 1 aliphatic carbocycles. The van der Waals surface area contributed by atoms with Crippen LogP contribution in [-0.4, -0.2) is 27.9 Å². The average molecular weight is 328 g/mol. The molecule has 0 bridgehead atoms. The van der Waals surface area contributed by atoms with E-state index in [1.54, 1.807) is 0 Å². The molecule has 0 saturated carbocycles. The SMILES string of the molecule is CN(C(=O)Cn1nc(C(F)(F)F)c2c1CCCC2)c1ccon1. The van der Waals surface area contributed by atoms with Crippen molar-refractivity contribution in [1.29, 1.82) is 0 Å². The maximum atomic E-state index is 13.1. The first-order chi connectivity index (χ1) is 10.9. The lowest BCUT2D eigenvalue weighted by molar-refractivity contribution is -0.142. The van der Waals surface area contributed by atoms with Gasteiger partial charge in [0.25, 0.3) is 0 Å². The predicted octanol–water partition coefficient (Wildman–Crippen LogP) is 2.43. The van der Waals surface area contributed by atoms with Crippen molar-refractivity contribution in [2.75, 3.05) is 11.9 Å². The lowest BCUT2D eigenvalue weighted by Gasteiger charge is -2.17. The van der Waals surface area contributed by atoms with Crippen molar-refractivity contribution in [2.45, 2.75) is 38.4 Å². The van der Waals surface area contributed by atoms with Crippen LogP contribution in [0.3, 0.4) is 0 Å². The number of rotatable bonds is 3. The molecule has 0 aliphatic heterocycles. The number of fused-ring (bicyclic) bond motifs is 1. The van der Waals surface area contributed by atoms with E-state index in [2.05, 4.69) is 14.8 Å². The maximum absolute atomic E-state index is 13.1. The fraction of sp³-hybridized carbons (Fsp3) is 0.500. The third kappa shape index (κ3) is 2.95. The molecule has 0 saturated heterocycles. The average Bonchev–Trinajstić information content (AvgIpc) is 3.14. The molecule has 9 heteroatoms. The van der Waals surface area contributed by atoms with E-state index in [1.165, 1.54) is 29.0 Å². The van der Waals surface area contributed by atoms with Crippen molar-refractivity contribution in [1.82, 2.24) is 14.9 Å². The van der Waals surface area contributed by atoms with E-state index < -0.39 is 17.8 Å². The number of halogens is 3. The molecule has 0 atom stereocenters. The Bertz CT molecular complexity index is 706. The molecule has 2 aromatic rings. The highest BCUT2D eigenvalue weighted by molar-refractivity contribution is 5.91. The van der Waals surface area contributed by atoms with Crippen LogP contribution in [0.15, 0.2) is 16.9 Å². The van der Waals surface area contributed by atoms with E-state index in [0.717, 1.165) is 6.42 Å². The Morgan fingerprint density at radius 2 is 2.13 bits per heavy atom. The second kappa shape index (κ2) is 5.71. The zero-order chi connectivity index (χ0) is 16.6. The molecule has 2 heterocycles. The van der Waals surface area contributed by atoms with Crippen LogP contribution in [0.25, 0.3) is 0 Å². The van der Waals surface area contributed by atoms with Crippen molar-refractivity contribution in [3.8, 4) is 0 Å². The Morgan fingerprint density at radius 1 is 1.39 bits per heavy atom. The fourth-order valence-electron chi connectivity index (χ4n) is 2.77. The van der Waals surface area contributed by atoms with Crippen molar-refractivity contribution in [3.05, 3.63) is 29.3 Å². The fourth-order valence-corrected chi connectivity index (χ4v) is 2.77. The topological polar surface area (TPSA) is 64.2 Å². The van der Waals surface area contributed by atoms with Crippen LogP contribution in [0.1, 0.15) is 29.8 Å². The Kier molecular flexibility index (Phi) is 3.87. The van der Waals surface area contributed by atoms with Gasteiger partial charge >= 0.3 is 6.18 Å². The molecule has 0 unspecified atom stereocenters. The summed E-state index contributed by atoms with van der Waals surface area (Å²) in [6.45, 7) is -0.262. The summed E-state index contributed by atoms with van der Waals surface area (Å²) >= 11 is 0. The van der Waals surface area contributed by atoms with Gasteiger partial charge in [-0.3, -0.25) is 14.4 Å². The third-order valence-electron chi connectivity index (χ3n) is 3.95. The first-order valence-electron chi connectivity index (χ1n) is 7.20. The minimum atomic E-state index is -4.51. The van der Waals surface area contributed by atoms with Crippen LogP contribution in [0.2, 0.25) is 0 Å². The van der Waals surface area contributed by atoms with E-state index in [9.17, 15) is 18.0 Å².